The molecule has 3 aromatic rings. The van der Waals surface area contributed by atoms with Crippen molar-refractivity contribution in [1.82, 2.24) is 0 Å². The van der Waals surface area contributed by atoms with E-state index in [9.17, 15) is 0 Å². The fourth-order valence-corrected chi connectivity index (χ4v) is 2.79. The highest BCUT2D eigenvalue weighted by molar-refractivity contribution is 5.95. The van der Waals surface area contributed by atoms with Crippen LogP contribution in [0.3, 0.4) is 0 Å². The van der Waals surface area contributed by atoms with Crippen molar-refractivity contribution >= 4 is 5.84 Å². The SMILES string of the molecule is N=C(N)c1cccc(C2(c3ccco3)N=c3ccccc3=N2)c1. The number of nitrogens with zero attached hydrogens (tertiary/aromatic N) is 2. The molecule has 23 heavy (non-hydrogen) atoms. The van der Waals surface area contributed by atoms with Gasteiger partial charge in [0.2, 0.25) is 5.66 Å². The summed E-state index contributed by atoms with van der Waals surface area (Å²) in [6.07, 6.45) is 1.61. The van der Waals surface area contributed by atoms with Gasteiger partial charge in [-0.3, -0.25) is 5.41 Å². The molecule has 0 fully saturated rings. The number of nitrogen functional groups attached to an aromatic ring is 1. The molecule has 0 unspecified atom stereocenters. The molecule has 4 rings (SSSR count). The minimum absolute atomic E-state index is 0.0111. The Kier molecular flexibility index (Phi) is 2.87. The van der Waals surface area contributed by atoms with Crippen LogP contribution in [0.4, 0.5) is 0 Å². The van der Waals surface area contributed by atoms with E-state index in [1.807, 2.05) is 54.6 Å². The predicted molar refractivity (Wildman–Crippen MR) is 85.7 cm³/mol. The molecule has 2 aromatic carbocycles. The first kappa shape index (κ1) is 13.5. The Hall–Kier alpha value is -3.21. The second kappa shape index (κ2) is 4.91. The maximum Gasteiger partial charge on any atom is 0.234 e. The van der Waals surface area contributed by atoms with E-state index in [-0.39, 0.29) is 5.84 Å². The Morgan fingerprint density at radius 1 is 0.957 bits per heavy atom. The van der Waals surface area contributed by atoms with E-state index in [1.165, 1.54) is 0 Å². The zero-order valence-corrected chi connectivity index (χ0v) is 12.2. The second-order valence-corrected chi connectivity index (χ2v) is 5.36. The third-order valence-corrected chi connectivity index (χ3v) is 3.89. The van der Waals surface area contributed by atoms with Crippen molar-refractivity contribution in [2.24, 2.45) is 15.7 Å². The Morgan fingerprint density at radius 2 is 1.70 bits per heavy atom. The second-order valence-electron chi connectivity index (χ2n) is 5.36. The van der Waals surface area contributed by atoms with E-state index in [0.717, 1.165) is 16.3 Å². The van der Waals surface area contributed by atoms with Crippen LogP contribution in [0.1, 0.15) is 16.9 Å². The summed E-state index contributed by atoms with van der Waals surface area (Å²) in [5.41, 5.74) is 6.10. The predicted octanol–water partition coefficient (Wildman–Crippen LogP) is 1.72. The molecule has 0 atom stereocenters. The van der Waals surface area contributed by atoms with Gasteiger partial charge in [-0.25, -0.2) is 9.98 Å². The monoisotopic (exact) mass is 302 g/mol. The van der Waals surface area contributed by atoms with Gasteiger partial charge in [0.1, 0.15) is 5.84 Å². The molecule has 0 bridgehead atoms. The van der Waals surface area contributed by atoms with Crippen molar-refractivity contribution < 1.29 is 4.42 Å². The Morgan fingerprint density at radius 3 is 2.30 bits per heavy atom. The molecule has 3 N–H and O–H groups in total. The summed E-state index contributed by atoms with van der Waals surface area (Å²) in [4.78, 5) is 9.65. The average Bonchev–Trinajstić information content (AvgIpc) is 3.23. The number of para-hydroxylation sites is 2. The van der Waals surface area contributed by atoms with E-state index >= 15 is 0 Å². The lowest BCUT2D eigenvalue weighted by atomic mass is 9.96. The molecule has 1 aliphatic heterocycles. The van der Waals surface area contributed by atoms with Crippen LogP contribution in [-0.4, -0.2) is 5.84 Å². The zero-order valence-electron chi connectivity index (χ0n) is 12.2. The first-order chi connectivity index (χ1) is 11.2. The van der Waals surface area contributed by atoms with Gasteiger partial charge >= 0.3 is 0 Å². The van der Waals surface area contributed by atoms with Crippen molar-refractivity contribution in [1.29, 1.82) is 5.41 Å². The Bertz CT molecular complexity index is 971. The van der Waals surface area contributed by atoms with Crippen LogP contribution in [0.25, 0.3) is 0 Å². The van der Waals surface area contributed by atoms with Crippen LogP contribution >= 0.6 is 0 Å². The lowest BCUT2D eigenvalue weighted by Crippen LogP contribution is -2.22. The standard InChI is InChI=1S/C18H14N4O/c19-17(20)12-5-3-6-13(11-12)18(16-9-4-10-23-16)21-14-7-1-2-8-15(14)22-18/h1-11H,(H3,19,20). The van der Waals surface area contributed by atoms with Crippen LogP contribution in [0.5, 0.6) is 0 Å². The summed E-state index contributed by atoms with van der Waals surface area (Å²) in [7, 11) is 0. The Balaban J connectivity index is 2.02. The minimum Gasteiger partial charge on any atom is -0.464 e. The van der Waals surface area contributed by atoms with Crippen molar-refractivity contribution in [3.63, 3.8) is 0 Å². The number of amidine groups is 1. The van der Waals surface area contributed by atoms with Gasteiger partial charge in [-0.05, 0) is 30.3 Å². The van der Waals surface area contributed by atoms with Crippen molar-refractivity contribution in [3.8, 4) is 0 Å². The number of furan rings is 1. The first-order valence-electron chi connectivity index (χ1n) is 7.23. The first-order valence-corrected chi connectivity index (χ1v) is 7.23. The van der Waals surface area contributed by atoms with Crippen LogP contribution < -0.4 is 16.4 Å². The van der Waals surface area contributed by atoms with Gasteiger partial charge in [0, 0.05) is 11.1 Å². The summed E-state index contributed by atoms with van der Waals surface area (Å²) in [5.74, 6) is 0.645. The normalized spacial score (nSPS) is 14.6. The fraction of sp³-hybridized carbons (Fsp3) is 0.0556. The van der Waals surface area contributed by atoms with E-state index in [2.05, 4.69) is 0 Å². The molecule has 0 saturated heterocycles. The highest BCUT2D eigenvalue weighted by Crippen LogP contribution is 2.36. The molecule has 0 spiro atoms. The molecular weight excluding hydrogens is 288 g/mol. The van der Waals surface area contributed by atoms with Crippen molar-refractivity contribution in [2.75, 3.05) is 0 Å². The topological polar surface area (TPSA) is 87.7 Å². The number of nitrogens with two attached hydrogens (primary N) is 1. The fourth-order valence-electron chi connectivity index (χ4n) is 2.79. The van der Waals surface area contributed by atoms with Crippen LogP contribution in [0.15, 0.2) is 81.3 Å². The third kappa shape index (κ3) is 2.05. The van der Waals surface area contributed by atoms with Gasteiger partial charge in [-0.1, -0.05) is 30.3 Å². The summed E-state index contributed by atoms with van der Waals surface area (Å²) in [6, 6.07) is 18.8. The minimum atomic E-state index is -0.974. The van der Waals surface area contributed by atoms with E-state index in [0.29, 0.717) is 11.3 Å². The summed E-state index contributed by atoms with van der Waals surface area (Å²) < 4.78 is 5.63. The number of benzene rings is 2. The van der Waals surface area contributed by atoms with E-state index in [4.69, 9.17) is 25.5 Å². The maximum absolute atomic E-state index is 7.66. The number of hydrogen-bond donors (Lipinski definition) is 2. The molecule has 1 aliphatic rings. The zero-order chi connectivity index (χ0) is 15.9. The number of fused-ring (bicyclic) bond motifs is 1. The number of hydrogen-bond acceptors (Lipinski definition) is 4. The molecular formula is C18H14N4O. The highest BCUT2D eigenvalue weighted by Gasteiger charge is 2.38. The van der Waals surface area contributed by atoms with Gasteiger partial charge in [0.25, 0.3) is 0 Å². The van der Waals surface area contributed by atoms with Gasteiger partial charge in [-0.2, -0.15) is 0 Å². The highest BCUT2D eigenvalue weighted by atomic mass is 16.3. The molecule has 0 saturated carbocycles. The van der Waals surface area contributed by atoms with Crippen LogP contribution in [0, 0.1) is 5.41 Å². The van der Waals surface area contributed by atoms with Crippen molar-refractivity contribution in [3.05, 3.63) is 94.5 Å². The number of rotatable bonds is 3. The van der Waals surface area contributed by atoms with E-state index in [1.54, 1.807) is 12.3 Å². The molecule has 1 aromatic heterocycles. The van der Waals surface area contributed by atoms with Gasteiger partial charge < -0.3 is 10.2 Å². The molecule has 0 amide bonds. The van der Waals surface area contributed by atoms with Gasteiger partial charge in [0.15, 0.2) is 5.76 Å². The maximum atomic E-state index is 7.66. The quantitative estimate of drug-likeness (QED) is 0.570. The largest absolute Gasteiger partial charge is 0.464 e. The average molecular weight is 302 g/mol. The van der Waals surface area contributed by atoms with Gasteiger partial charge in [0.05, 0.1) is 17.0 Å². The lowest BCUT2D eigenvalue weighted by molar-refractivity contribution is 0.404. The van der Waals surface area contributed by atoms with Crippen LogP contribution in [-0.2, 0) is 5.66 Å². The molecule has 112 valence electrons. The number of nitrogens with one attached hydrogen (secondary N) is 1. The third-order valence-electron chi connectivity index (χ3n) is 3.89. The molecule has 2 heterocycles. The summed E-state index contributed by atoms with van der Waals surface area (Å²) in [6.45, 7) is 0. The Labute approximate surface area is 132 Å². The van der Waals surface area contributed by atoms with Gasteiger partial charge in [-0.15, -0.1) is 0 Å². The van der Waals surface area contributed by atoms with Crippen molar-refractivity contribution in [2.45, 2.75) is 5.66 Å². The van der Waals surface area contributed by atoms with E-state index < -0.39 is 5.66 Å². The molecule has 5 heteroatoms. The molecule has 0 aliphatic carbocycles. The lowest BCUT2D eigenvalue weighted by Gasteiger charge is -2.22. The summed E-state index contributed by atoms with van der Waals surface area (Å²) in [5, 5.41) is 9.30. The molecule has 0 radical (unpaired) electrons. The smallest absolute Gasteiger partial charge is 0.234 e. The molecule has 5 nitrogen and oxygen atoms in total. The summed E-state index contributed by atoms with van der Waals surface area (Å²) >= 11 is 0. The van der Waals surface area contributed by atoms with Crippen LogP contribution in [0.2, 0.25) is 0 Å².